The van der Waals surface area contributed by atoms with Crippen LogP contribution in [-0.2, 0) is 6.54 Å². The van der Waals surface area contributed by atoms with Crippen molar-refractivity contribution in [3.63, 3.8) is 0 Å². The van der Waals surface area contributed by atoms with Crippen molar-refractivity contribution in [2.24, 2.45) is 0 Å². The van der Waals surface area contributed by atoms with Gasteiger partial charge in [-0.1, -0.05) is 25.3 Å². The van der Waals surface area contributed by atoms with Gasteiger partial charge in [0, 0.05) is 5.39 Å². The number of hydrogen-bond acceptors (Lipinski definition) is 3. The molecule has 0 saturated heterocycles. The first-order valence-electron chi connectivity index (χ1n) is 10.7. The van der Waals surface area contributed by atoms with E-state index in [-0.39, 0.29) is 5.78 Å². The number of nitrogens with zero attached hydrogens (tertiary/aromatic N) is 1. The molecule has 0 amide bonds. The highest BCUT2D eigenvalue weighted by molar-refractivity contribution is 6.06. The maximum absolute atomic E-state index is 12.2. The van der Waals surface area contributed by atoms with E-state index in [9.17, 15) is 4.79 Å². The van der Waals surface area contributed by atoms with Crippen LogP contribution in [0.2, 0.25) is 0 Å². The Morgan fingerprint density at radius 3 is 2.52 bits per heavy atom. The Bertz CT molecular complexity index is 1070. The molecule has 1 aliphatic heterocycles. The molecule has 4 nitrogen and oxygen atoms in total. The zero-order valence-corrected chi connectivity index (χ0v) is 17.2. The van der Waals surface area contributed by atoms with Crippen LogP contribution in [-0.4, -0.2) is 24.1 Å². The number of ether oxygens (including phenoxy) is 2. The van der Waals surface area contributed by atoms with Gasteiger partial charge in [0.15, 0.2) is 11.5 Å². The highest BCUT2D eigenvalue weighted by atomic mass is 16.5. The maximum Gasteiger partial charge on any atom is 0.163 e. The zero-order chi connectivity index (χ0) is 20.0. The fourth-order valence-corrected chi connectivity index (χ4v) is 5.19. The molecule has 0 spiro atoms. The number of carbonyl (C=O) groups is 1. The molecule has 0 unspecified atom stereocenters. The Morgan fingerprint density at radius 2 is 1.83 bits per heavy atom. The van der Waals surface area contributed by atoms with Crippen LogP contribution in [0.25, 0.3) is 22.2 Å². The van der Waals surface area contributed by atoms with Crippen molar-refractivity contribution in [2.75, 3.05) is 13.7 Å². The van der Waals surface area contributed by atoms with E-state index >= 15 is 0 Å². The van der Waals surface area contributed by atoms with E-state index in [0.717, 1.165) is 23.6 Å². The average Bonchev–Trinajstić information content (AvgIpc) is 3.10. The van der Waals surface area contributed by atoms with E-state index < -0.39 is 0 Å². The number of rotatable bonds is 4. The fourth-order valence-electron chi connectivity index (χ4n) is 5.19. The lowest BCUT2D eigenvalue weighted by atomic mass is 9.81. The molecule has 3 aromatic rings. The maximum atomic E-state index is 12.2. The summed E-state index contributed by atoms with van der Waals surface area (Å²) in [7, 11) is 1.70. The molecular formula is C25H27NO3. The minimum absolute atomic E-state index is 0.0572. The Hall–Kier alpha value is -2.75. The van der Waals surface area contributed by atoms with E-state index in [0.29, 0.717) is 18.1 Å². The van der Waals surface area contributed by atoms with Crippen LogP contribution in [0, 0.1) is 0 Å². The summed E-state index contributed by atoms with van der Waals surface area (Å²) in [6.07, 6.45) is 6.36. The summed E-state index contributed by atoms with van der Waals surface area (Å²) >= 11 is 0. The van der Waals surface area contributed by atoms with Crippen LogP contribution in [0.5, 0.6) is 11.5 Å². The minimum Gasteiger partial charge on any atom is -0.497 e. The monoisotopic (exact) mass is 389 g/mol. The van der Waals surface area contributed by atoms with Gasteiger partial charge in [-0.05, 0) is 67.1 Å². The molecule has 29 heavy (non-hydrogen) atoms. The molecular weight excluding hydrogens is 362 g/mol. The standard InChI is InChI=1S/C25H27NO3/c1-16(27)20-12-13-21-22(17-6-4-3-5-7-17)23(18-8-10-19(28-2)11-9-18)26-14-15-29-25(20)24(21)26/h8-13,17H,3-7,14-15H2,1-2H3. The highest BCUT2D eigenvalue weighted by Crippen LogP contribution is 2.48. The van der Waals surface area contributed by atoms with Gasteiger partial charge < -0.3 is 14.0 Å². The quantitative estimate of drug-likeness (QED) is 0.517. The van der Waals surface area contributed by atoms with Crippen molar-refractivity contribution >= 4 is 16.7 Å². The summed E-state index contributed by atoms with van der Waals surface area (Å²) in [6, 6.07) is 12.5. The first kappa shape index (κ1) is 18.3. The fraction of sp³-hybridized carbons (Fsp3) is 0.400. The minimum atomic E-state index is 0.0572. The van der Waals surface area contributed by atoms with Crippen molar-refractivity contribution in [1.29, 1.82) is 0 Å². The second-order valence-electron chi connectivity index (χ2n) is 8.22. The second-order valence-corrected chi connectivity index (χ2v) is 8.22. The summed E-state index contributed by atoms with van der Waals surface area (Å²) in [5.74, 6) is 2.24. The van der Waals surface area contributed by atoms with E-state index in [4.69, 9.17) is 9.47 Å². The van der Waals surface area contributed by atoms with E-state index in [2.05, 4.69) is 22.8 Å². The lowest BCUT2D eigenvalue weighted by molar-refractivity contribution is 0.101. The SMILES string of the molecule is COc1ccc(-c2c(C3CCCCC3)c3ccc(C(C)=O)c4c3n2CCO4)cc1. The topological polar surface area (TPSA) is 40.5 Å². The predicted octanol–water partition coefficient (Wildman–Crippen LogP) is 5.96. The number of benzene rings is 2. The van der Waals surface area contributed by atoms with Crippen LogP contribution in [0.15, 0.2) is 36.4 Å². The van der Waals surface area contributed by atoms with Crippen LogP contribution >= 0.6 is 0 Å². The van der Waals surface area contributed by atoms with Crippen molar-refractivity contribution in [3.05, 3.63) is 47.5 Å². The molecule has 0 N–H and O–H groups in total. The Labute approximate surface area is 171 Å². The van der Waals surface area contributed by atoms with Crippen LogP contribution < -0.4 is 9.47 Å². The van der Waals surface area contributed by atoms with Gasteiger partial charge in [0.2, 0.25) is 0 Å². The molecule has 2 heterocycles. The van der Waals surface area contributed by atoms with Crippen molar-refractivity contribution in [1.82, 2.24) is 4.57 Å². The van der Waals surface area contributed by atoms with Crippen LogP contribution in [0.1, 0.15) is 60.9 Å². The molecule has 1 aromatic heterocycles. The number of aromatic nitrogens is 1. The average molecular weight is 389 g/mol. The normalized spacial score (nSPS) is 16.6. The predicted molar refractivity (Wildman–Crippen MR) is 115 cm³/mol. The van der Waals surface area contributed by atoms with Gasteiger partial charge >= 0.3 is 0 Å². The molecule has 2 aliphatic rings. The Kier molecular flexibility index (Phi) is 4.57. The molecule has 0 radical (unpaired) electrons. The second kappa shape index (κ2) is 7.25. The zero-order valence-electron chi connectivity index (χ0n) is 17.2. The number of methoxy groups -OCH3 is 1. The number of carbonyl (C=O) groups excluding carboxylic acids is 1. The molecule has 2 aromatic carbocycles. The lowest BCUT2D eigenvalue weighted by Gasteiger charge is -2.24. The van der Waals surface area contributed by atoms with Crippen molar-refractivity contribution in [2.45, 2.75) is 51.5 Å². The van der Waals surface area contributed by atoms with E-state index in [1.54, 1.807) is 14.0 Å². The third kappa shape index (κ3) is 2.93. The highest BCUT2D eigenvalue weighted by Gasteiger charge is 2.30. The number of Topliss-reactive ketones (excluding diaryl/α,β-unsaturated/α-hetero) is 1. The van der Waals surface area contributed by atoms with Crippen molar-refractivity contribution < 1.29 is 14.3 Å². The van der Waals surface area contributed by atoms with E-state index in [1.165, 1.54) is 54.3 Å². The first-order chi connectivity index (χ1) is 14.2. The van der Waals surface area contributed by atoms with Gasteiger partial charge in [-0.15, -0.1) is 0 Å². The third-order valence-corrected chi connectivity index (χ3v) is 6.53. The summed E-state index contributed by atoms with van der Waals surface area (Å²) < 4.78 is 13.8. The summed E-state index contributed by atoms with van der Waals surface area (Å²) in [5.41, 5.74) is 5.72. The molecule has 1 saturated carbocycles. The molecule has 1 aliphatic carbocycles. The molecule has 4 heteroatoms. The third-order valence-electron chi connectivity index (χ3n) is 6.53. The van der Waals surface area contributed by atoms with Crippen LogP contribution in [0.4, 0.5) is 0 Å². The summed E-state index contributed by atoms with van der Waals surface area (Å²) in [6.45, 7) is 3.02. The van der Waals surface area contributed by atoms with Gasteiger partial charge in [-0.2, -0.15) is 0 Å². The van der Waals surface area contributed by atoms with Gasteiger partial charge in [-0.25, -0.2) is 0 Å². The first-order valence-corrected chi connectivity index (χ1v) is 10.7. The largest absolute Gasteiger partial charge is 0.497 e. The summed E-state index contributed by atoms with van der Waals surface area (Å²) in [5, 5.41) is 1.25. The summed E-state index contributed by atoms with van der Waals surface area (Å²) in [4.78, 5) is 12.2. The molecule has 150 valence electrons. The van der Waals surface area contributed by atoms with Gasteiger partial charge in [0.25, 0.3) is 0 Å². The number of ketones is 1. The van der Waals surface area contributed by atoms with Gasteiger partial charge in [-0.3, -0.25) is 4.79 Å². The Balaban J connectivity index is 1.81. The lowest BCUT2D eigenvalue weighted by Crippen LogP contribution is -2.17. The van der Waals surface area contributed by atoms with Gasteiger partial charge in [0.05, 0.1) is 30.4 Å². The van der Waals surface area contributed by atoms with E-state index in [1.807, 2.05) is 18.2 Å². The number of hydrogen-bond donors (Lipinski definition) is 0. The van der Waals surface area contributed by atoms with Crippen molar-refractivity contribution in [3.8, 4) is 22.8 Å². The molecule has 1 fully saturated rings. The smallest absolute Gasteiger partial charge is 0.163 e. The van der Waals surface area contributed by atoms with Gasteiger partial charge in [0.1, 0.15) is 12.4 Å². The molecule has 5 rings (SSSR count). The molecule has 0 atom stereocenters. The Morgan fingerprint density at radius 1 is 1.07 bits per heavy atom. The molecule has 0 bridgehead atoms. The van der Waals surface area contributed by atoms with Crippen LogP contribution in [0.3, 0.4) is 0 Å².